The number of benzene rings is 2. The summed E-state index contributed by atoms with van der Waals surface area (Å²) >= 11 is 0. The first-order valence-corrected chi connectivity index (χ1v) is 10.4. The van der Waals surface area contributed by atoms with E-state index in [1.807, 2.05) is 0 Å². The van der Waals surface area contributed by atoms with Gasteiger partial charge in [-0.25, -0.2) is 0 Å². The van der Waals surface area contributed by atoms with Crippen LogP contribution in [0.5, 0.6) is 23.0 Å². The van der Waals surface area contributed by atoms with Crippen molar-refractivity contribution in [2.24, 2.45) is 0 Å². The summed E-state index contributed by atoms with van der Waals surface area (Å²) in [6.45, 7) is 0.197. The summed E-state index contributed by atoms with van der Waals surface area (Å²) in [7, 11) is 2.88. The minimum absolute atomic E-state index is 0.0758. The van der Waals surface area contributed by atoms with Gasteiger partial charge in [0.15, 0.2) is 11.5 Å². The molecule has 5 rings (SSSR count). The number of nitrogens with zero attached hydrogens (tertiary/aromatic N) is 1. The highest BCUT2D eigenvalue weighted by Crippen LogP contribution is 2.44. The number of hydrogen-bond acceptors (Lipinski definition) is 8. The van der Waals surface area contributed by atoms with E-state index in [2.05, 4.69) is 0 Å². The lowest BCUT2D eigenvalue weighted by Crippen LogP contribution is -2.29. The molecule has 0 saturated carbocycles. The van der Waals surface area contributed by atoms with Crippen LogP contribution in [0.25, 0.3) is 5.76 Å². The van der Waals surface area contributed by atoms with E-state index in [0.717, 1.165) is 5.56 Å². The number of Topliss-reactive ketones (excluding diaryl/α,β-unsaturated/α-hetero) is 1. The van der Waals surface area contributed by atoms with Crippen LogP contribution < -0.4 is 18.9 Å². The molecule has 0 aliphatic carbocycles. The molecule has 0 spiro atoms. The normalized spacial score (nSPS) is 18.4. The van der Waals surface area contributed by atoms with Gasteiger partial charge in [-0.05, 0) is 42.0 Å². The minimum Gasteiger partial charge on any atom is -0.506 e. The van der Waals surface area contributed by atoms with Crippen molar-refractivity contribution in [1.29, 1.82) is 0 Å². The number of aliphatic hydroxyl groups excluding tert-OH is 1. The molecule has 1 saturated heterocycles. The van der Waals surface area contributed by atoms with Gasteiger partial charge in [0.2, 0.25) is 6.79 Å². The highest BCUT2D eigenvalue weighted by molar-refractivity contribution is 6.46. The largest absolute Gasteiger partial charge is 0.506 e. The zero-order valence-electron chi connectivity index (χ0n) is 18.4. The molecule has 0 bridgehead atoms. The SMILES string of the molecule is COc1cccc(OC)c1/C(O)=C1\C(=O)C(=O)N(Cc2ccc3c(c2)OCO3)C1c1ccco1. The van der Waals surface area contributed by atoms with E-state index in [-0.39, 0.29) is 36.0 Å². The molecule has 3 heterocycles. The lowest BCUT2D eigenvalue weighted by molar-refractivity contribution is -0.140. The van der Waals surface area contributed by atoms with Gasteiger partial charge in [0.05, 0.1) is 26.1 Å². The number of carbonyl (C=O) groups excluding carboxylic acids is 2. The number of ketones is 1. The summed E-state index contributed by atoms with van der Waals surface area (Å²) in [4.78, 5) is 27.8. The maximum Gasteiger partial charge on any atom is 0.296 e. The zero-order valence-corrected chi connectivity index (χ0v) is 18.4. The summed E-state index contributed by atoms with van der Waals surface area (Å²) in [6.07, 6.45) is 1.44. The number of carbonyl (C=O) groups is 2. The third-order valence-corrected chi connectivity index (χ3v) is 5.81. The van der Waals surface area contributed by atoms with Gasteiger partial charge in [0, 0.05) is 6.54 Å². The second-order valence-corrected chi connectivity index (χ2v) is 7.67. The summed E-state index contributed by atoms with van der Waals surface area (Å²) < 4.78 is 27.1. The fraction of sp³-hybridized carbons (Fsp3) is 0.200. The van der Waals surface area contributed by atoms with Crippen molar-refractivity contribution in [1.82, 2.24) is 4.90 Å². The molecule has 34 heavy (non-hydrogen) atoms. The standard InChI is InChI=1S/C25H21NO8/c1-30-16-5-3-6-17(31-2)20(16)23(27)21-22(18-7-4-10-32-18)26(25(29)24(21)28)12-14-8-9-15-19(11-14)34-13-33-15/h3-11,22,27H,12-13H2,1-2H3/b23-21+. The van der Waals surface area contributed by atoms with E-state index in [0.29, 0.717) is 17.3 Å². The maximum absolute atomic E-state index is 13.2. The maximum atomic E-state index is 13.2. The molecule has 2 aliphatic rings. The van der Waals surface area contributed by atoms with Crippen LogP contribution in [0.4, 0.5) is 0 Å². The van der Waals surface area contributed by atoms with Gasteiger partial charge >= 0.3 is 0 Å². The number of ether oxygens (including phenoxy) is 4. The number of fused-ring (bicyclic) bond motifs is 1. The third kappa shape index (κ3) is 3.42. The molecule has 9 heteroatoms. The number of likely N-dealkylation sites (tertiary alicyclic amines) is 1. The summed E-state index contributed by atoms with van der Waals surface area (Å²) in [6, 6.07) is 12.6. The van der Waals surface area contributed by atoms with Crippen LogP contribution in [-0.4, -0.2) is 42.7 Å². The molecule has 2 aromatic carbocycles. The van der Waals surface area contributed by atoms with Crippen molar-refractivity contribution in [3.8, 4) is 23.0 Å². The Bertz CT molecular complexity index is 1270. The average Bonchev–Trinajstić information content (AvgIpc) is 3.60. The van der Waals surface area contributed by atoms with Crippen LogP contribution in [0, 0.1) is 0 Å². The molecular weight excluding hydrogens is 442 g/mol. The molecule has 1 fully saturated rings. The Balaban J connectivity index is 1.64. The highest BCUT2D eigenvalue weighted by Gasteiger charge is 2.48. The second-order valence-electron chi connectivity index (χ2n) is 7.67. The van der Waals surface area contributed by atoms with Gasteiger partial charge in [-0.2, -0.15) is 0 Å². The van der Waals surface area contributed by atoms with E-state index in [1.165, 1.54) is 25.4 Å². The highest BCUT2D eigenvalue weighted by atomic mass is 16.7. The fourth-order valence-electron chi connectivity index (χ4n) is 4.24. The van der Waals surface area contributed by atoms with Gasteiger partial charge in [-0.15, -0.1) is 0 Å². The quantitative estimate of drug-likeness (QED) is 0.335. The van der Waals surface area contributed by atoms with Crippen molar-refractivity contribution in [3.05, 3.63) is 77.3 Å². The van der Waals surface area contributed by atoms with E-state index in [9.17, 15) is 14.7 Å². The van der Waals surface area contributed by atoms with Crippen LogP contribution in [0.1, 0.15) is 22.9 Å². The predicted molar refractivity (Wildman–Crippen MR) is 119 cm³/mol. The van der Waals surface area contributed by atoms with Crippen molar-refractivity contribution in [3.63, 3.8) is 0 Å². The second kappa shape index (κ2) is 8.51. The first-order valence-electron chi connectivity index (χ1n) is 10.4. The van der Waals surface area contributed by atoms with Crippen LogP contribution in [-0.2, 0) is 16.1 Å². The third-order valence-electron chi connectivity index (χ3n) is 5.81. The van der Waals surface area contributed by atoms with Crippen molar-refractivity contribution in [2.45, 2.75) is 12.6 Å². The van der Waals surface area contributed by atoms with Crippen LogP contribution in [0.15, 0.2) is 64.8 Å². The molecule has 1 aromatic heterocycles. The van der Waals surface area contributed by atoms with Crippen molar-refractivity contribution >= 4 is 17.4 Å². The monoisotopic (exact) mass is 463 g/mol. The predicted octanol–water partition coefficient (Wildman–Crippen LogP) is 3.65. The Hall–Kier alpha value is -4.40. The van der Waals surface area contributed by atoms with Crippen molar-refractivity contribution in [2.75, 3.05) is 21.0 Å². The molecule has 1 N–H and O–H groups in total. The van der Waals surface area contributed by atoms with E-state index < -0.39 is 23.5 Å². The van der Waals surface area contributed by atoms with Gasteiger partial charge in [-0.1, -0.05) is 12.1 Å². The number of methoxy groups -OCH3 is 2. The smallest absolute Gasteiger partial charge is 0.296 e. The topological polar surface area (TPSA) is 108 Å². The number of aliphatic hydroxyl groups is 1. The van der Waals surface area contributed by atoms with Crippen molar-refractivity contribution < 1.29 is 38.1 Å². The zero-order chi connectivity index (χ0) is 23.8. The first kappa shape index (κ1) is 21.4. The van der Waals surface area contributed by atoms with E-state index >= 15 is 0 Å². The molecule has 0 radical (unpaired) electrons. The number of amides is 1. The Morgan fingerprint density at radius 1 is 1.03 bits per heavy atom. The average molecular weight is 463 g/mol. The molecule has 2 aliphatic heterocycles. The Kier molecular flexibility index (Phi) is 5.37. The van der Waals surface area contributed by atoms with Gasteiger partial charge in [0.25, 0.3) is 11.7 Å². The molecule has 174 valence electrons. The van der Waals surface area contributed by atoms with Crippen LogP contribution in [0.3, 0.4) is 0 Å². The Morgan fingerprint density at radius 2 is 1.76 bits per heavy atom. The molecule has 1 atom stereocenters. The van der Waals surface area contributed by atoms with Gasteiger partial charge in [-0.3, -0.25) is 9.59 Å². The number of rotatable bonds is 6. The molecule has 9 nitrogen and oxygen atoms in total. The summed E-state index contributed by atoms with van der Waals surface area (Å²) in [5.41, 5.74) is 0.770. The van der Waals surface area contributed by atoms with E-state index in [1.54, 1.807) is 48.5 Å². The van der Waals surface area contributed by atoms with Gasteiger partial charge < -0.3 is 33.4 Å². The fourth-order valence-corrected chi connectivity index (χ4v) is 4.24. The molecule has 1 unspecified atom stereocenters. The van der Waals surface area contributed by atoms with Gasteiger partial charge in [0.1, 0.15) is 34.6 Å². The minimum atomic E-state index is -0.963. The lowest BCUT2D eigenvalue weighted by Gasteiger charge is -2.24. The summed E-state index contributed by atoms with van der Waals surface area (Å²) in [5, 5.41) is 11.4. The number of furan rings is 1. The lowest BCUT2D eigenvalue weighted by atomic mass is 9.98. The van der Waals surface area contributed by atoms with E-state index in [4.69, 9.17) is 23.4 Å². The Morgan fingerprint density at radius 3 is 2.44 bits per heavy atom. The van der Waals surface area contributed by atoms with Crippen LogP contribution in [0.2, 0.25) is 0 Å². The Labute approximate surface area is 194 Å². The molecule has 1 amide bonds. The molecule has 3 aromatic rings. The number of hydrogen-bond donors (Lipinski definition) is 1. The first-order chi connectivity index (χ1) is 16.5. The molecular formula is C25H21NO8. The van der Waals surface area contributed by atoms with Crippen LogP contribution >= 0.6 is 0 Å². The summed E-state index contributed by atoms with van der Waals surface area (Å²) in [5.74, 6) is 0.0488.